The Morgan fingerprint density at radius 3 is 2.79 bits per heavy atom. The maximum absolute atomic E-state index is 13.7. The highest BCUT2D eigenvalue weighted by molar-refractivity contribution is 6.07. The molecule has 3 rings (SSSR count). The van der Waals surface area contributed by atoms with E-state index in [4.69, 9.17) is 0 Å². The largest absolute Gasteiger partial charge is 0.352 e. The molecule has 1 unspecified atom stereocenters. The number of allylic oxidation sites excluding steroid dienone is 2. The lowest BCUT2D eigenvalue weighted by molar-refractivity contribution is -0.142. The molecule has 1 aromatic rings. The summed E-state index contributed by atoms with van der Waals surface area (Å²) in [6.45, 7) is 3.75. The lowest BCUT2D eigenvalue weighted by Crippen LogP contribution is -2.56. The number of hydrogen-bond acceptors (Lipinski definition) is 5. The van der Waals surface area contributed by atoms with Crippen LogP contribution in [0.3, 0.4) is 0 Å². The van der Waals surface area contributed by atoms with Gasteiger partial charge in [0.05, 0.1) is 19.4 Å². The summed E-state index contributed by atoms with van der Waals surface area (Å²) >= 11 is 0. The number of halogens is 1. The molecule has 33 heavy (non-hydrogen) atoms. The molecular weight excluding hydrogens is 427 g/mol. The first-order valence-corrected chi connectivity index (χ1v) is 10.8. The second kappa shape index (κ2) is 10.8. The Hall–Kier alpha value is -3.62. The van der Waals surface area contributed by atoms with Crippen molar-refractivity contribution in [3.8, 4) is 0 Å². The first-order valence-electron chi connectivity index (χ1n) is 10.8. The molecule has 0 aromatic heterocycles. The number of piperidine rings is 1. The number of carbonyl (C=O) groups is 4. The molecule has 0 radical (unpaired) electrons. The smallest absolute Gasteiger partial charge is 0.249 e. The first-order chi connectivity index (χ1) is 15.7. The van der Waals surface area contributed by atoms with Crippen molar-refractivity contribution in [3.05, 3.63) is 58.9 Å². The molecule has 174 valence electrons. The van der Waals surface area contributed by atoms with Gasteiger partial charge in [0.25, 0.3) is 0 Å². The van der Waals surface area contributed by atoms with Gasteiger partial charge in [-0.3, -0.25) is 34.4 Å². The highest BCUT2D eigenvalue weighted by Gasteiger charge is 2.36. The second-order valence-corrected chi connectivity index (χ2v) is 8.09. The van der Waals surface area contributed by atoms with Crippen LogP contribution in [0.25, 0.3) is 0 Å². The summed E-state index contributed by atoms with van der Waals surface area (Å²) in [7, 11) is 0. The van der Waals surface area contributed by atoms with Crippen LogP contribution >= 0.6 is 0 Å². The van der Waals surface area contributed by atoms with Crippen molar-refractivity contribution >= 4 is 29.5 Å². The van der Waals surface area contributed by atoms with E-state index >= 15 is 0 Å². The minimum absolute atomic E-state index is 0.0163. The van der Waals surface area contributed by atoms with Crippen LogP contribution in [0, 0.1) is 12.7 Å². The number of rotatable bonds is 5. The van der Waals surface area contributed by atoms with Crippen molar-refractivity contribution in [1.29, 1.82) is 0 Å². The van der Waals surface area contributed by atoms with E-state index in [2.05, 4.69) is 15.6 Å². The van der Waals surface area contributed by atoms with Gasteiger partial charge in [0, 0.05) is 13.0 Å². The van der Waals surface area contributed by atoms with Gasteiger partial charge in [0.15, 0.2) is 0 Å². The van der Waals surface area contributed by atoms with E-state index in [1.807, 2.05) is 0 Å². The molecule has 2 N–H and O–H groups in total. The summed E-state index contributed by atoms with van der Waals surface area (Å²) in [5.41, 5.74) is 1.71. The van der Waals surface area contributed by atoms with E-state index in [9.17, 15) is 23.6 Å². The summed E-state index contributed by atoms with van der Waals surface area (Å²) in [6, 6.07) is 3.85. The molecule has 1 saturated heterocycles. The summed E-state index contributed by atoms with van der Waals surface area (Å²) in [6.07, 6.45) is 5.66. The number of nitrogens with one attached hydrogen (secondary N) is 2. The van der Waals surface area contributed by atoms with Crippen molar-refractivity contribution in [1.82, 2.24) is 15.5 Å². The Balaban J connectivity index is 1.68. The molecule has 1 fully saturated rings. The van der Waals surface area contributed by atoms with Gasteiger partial charge in [0.2, 0.25) is 23.6 Å². The van der Waals surface area contributed by atoms with Crippen molar-refractivity contribution in [2.45, 2.75) is 45.6 Å². The van der Waals surface area contributed by atoms with E-state index in [0.29, 0.717) is 29.1 Å². The molecule has 1 atom stereocenters. The summed E-state index contributed by atoms with van der Waals surface area (Å²) in [5.74, 6) is -1.50. The number of carbonyl (C=O) groups excluding carboxylic acids is 4. The SMILES string of the molecule is C/C1=N/C/C=C\C=C(\CNC(=O)Cc2ccc(C)c(F)c2)CC(=O)N1C1CCC(=O)NC1=O. The summed E-state index contributed by atoms with van der Waals surface area (Å²) in [4.78, 5) is 55.1. The van der Waals surface area contributed by atoms with Crippen LogP contribution in [0.15, 0.2) is 47.0 Å². The monoisotopic (exact) mass is 454 g/mol. The van der Waals surface area contributed by atoms with Crippen molar-refractivity contribution < 1.29 is 23.6 Å². The predicted molar refractivity (Wildman–Crippen MR) is 121 cm³/mol. The van der Waals surface area contributed by atoms with Crippen molar-refractivity contribution in [2.24, 2.45) is 4.99 Å². The molecule has 2 aliphatic rings. The summed E-state index contributed by atoms with van der Waals surface area (Å²) < 4.78 is 13.7. The number of nitrogens with zero attached hydrogens (tertiary/aromatic N) is 2. The van der Waals surface area contributed by atoms with E-state index < -0.39 is 11.9 Å². The molecule has 2 aliphatic heterocycles. The highest BCUT2D eigenvalue weighted by atomic mass is 19.1. The van der Waals surface area contributed by atoms with Gasteiger partial charge in [-0.25, -0.2) is 4.39 Å². The molecule has 0 saturated carbocycles. The number of benzene rings is 1. The second-order valence-electron chi connectivity index (χ2n) is 8.09. The molecular formula is C24H27FN4O4. The van der Waals surface area contributed by atoms with Gasteiger partial charge in [-0.2, -0.15) is 0 Å². The Morgan fingerprint density at radius 1 is 1.27 bits per heavy atom. The molecule has 0 aliphatic carbocycles. The number of amides is 4. The van der Waals surface area contributed by atoms with Gasteiger partial charge >= 0.3 is 0 Å². The van der Waals surface area contributed by atoms with Crippen LogP contribution in [-0.4, -0.2) is 53.5 Å². The summed E-state index contributed by atoms with van der Waals surface area (Å²) in [5, 5.41) is 5.05. The number of aliphatic imine (C=N–C) groups is 1. The molecule has 1 aromatic carbocycles. The van der Waals surface area contributed by atoms with Gasteiger partial charge in [-0.1, -0.05) is 30.4 Å². The number of imide groups is 1. The standard InChI is InChI=1S/C24H27FN4O4/c1-15-6-7-17(11-19(15)25)12-22(31)27-14-18-5-3-4-10-26-16(2)29(23(32)13-18)20-8-9-21(30)28-24(20)33/h3-7,11,20H,8-10,12-14H2,1-2H3,(H,27,31)(H,28,30,33)/b4-3-,18-5+,26-16-. The zero-order valence-corrected chi connectivity index (χ0v) is 18.7. The quantitative estimate of drug-likeness (QED) is 0.661. The Morgan fingerprint density at radius 2 is 2.06 bits per heavy atom. The highest BCUT2D eigenvalue weighted by Crippen LogP contribution is 2.17. The Labute approximate surface area is 191 Å². The number of hydrogen-bond donors (Lipinski definition) is 2. The number of aryl methyl sites for hydroxylation is 1. The van der Waals surface area contributed by atoms with Crippen molar-refractivity contribution in [3.63, 3.8) is 0 Å². The fraction of sp³-hybridized carbons (Fsp3) is 0.375. The third-order valence-corrected chi connectivity index (χ3v) is 5.52. The fourth-order valence-electron chi connectivity index (χ4n) is 3.70. The van der Waals surface area contributed by atoms with Crippen LogP contribution in [-0.2, 0) is 25.6 Å². The minimum atomic E-state index is -0.811. The average molecular weight is 455 g/mol. The average Bonchev–Trinajstić information content (AvgIpc) is 2.75. The Bertz CT molecular complexity index is 1060. The van der Waals surface area contributed by atoms with Gasteiger partial charge in [0.1, 0.15) is 17.7 Å². The lowest BCUT2D eigenvalue weighted by atomic mass is 10.0. The third-order valence-electron chi connectivity index (χ3n) is 5.52. The minimum Gasteiger partial charge on any atom is -0.352 e. The van der Waals surface area contributed by atoms with Gasteiger partial charge in [-0.05, 0) is 43.0 Å². The predicted octanol–water partition coefficient (Wildman–Crippen LogP) is 1.73. The maximum atomic E-state index is 13.7. The fourth-order valence-corrected chi connectivity index (χ4v) is 3.70. The van der Waals surface area contributed by atoms with Gasteiger partial charge < -0.3 is 5.32 Å². The molecule has 9 heteroatoms. The third kappa shape index (κ3) is 6.44. The van der Waals surface area contributed by atoms with Crippen LogP contribution in [0.1, 0.15) is 37.3 Å². The van der Waals surface area contributed by atoms with E-state index in [-0.39, 0.29) is 55.8 Å². The van der Waals surface area contributed by atoms with Crippen molar-refractivity contribution in [2.75, 3.05) is 13.1 Å². The number of amidine groups is 1. The maximum Gasteiger partial charge on any atom is 0.249 e. The normalized spacial score (nSPS) is 23.7. The van der Waals surface area contributed by atoms with Crippen LogP contribution in [0.2, 0.25) is 0 Å². The van der Waals surface area contributed by atoms with E-state index in [1.54, 1.807) is 44.2 Å². The zero-order valence-electron chi connectivity index (χ0n) is 18.7. The lowest BCUT2D eigenvalue weighted by Gasteiger charge is -2.33. The molecule has 0 spiro atoms. The topological polar surface area (TPSA) is 108 Å². The zero-order chi connectivity index (χ0) is 24.0. The van der Waals surface area contributed by atoms with Gasteiger partial charge in [-0.15, -0.1) is 0 Å². The molecule has 0 bridgehead atoms. The molecule has 4 amide bonds. The molecule has 2 heterocycles. The molecule has 8 nitrogen and oxygen atoms in total. The first kappa shape index (κ1) is 24.0. The van der Waals surface area contributed by atoms with Crippen LogP contribution in [0.5, 0.6) is 0 Å². The Kier molecular flexibility index (Phi) is 7.87. The van der Waals surface area contributed by atoms with Crippen LogP contribution < -0.4 is 10.6 Å². The van der Waals surface area contributed by atoms with E-state index in [1.165, 1.54) is 11.0 Å². The van der Waals surface area contributed by atoms with E-state index in [0.717, 1.165) is 0 Å². The van der Waals surface area contributed by atoms with Crippen LogP contribution in [0.4, 0.5) is 4.39 Å².